The molecule has 1 aromatic heterocycles. The van der Waals surface area contributed by atoms with Crippen LogP contribution in [-0.2, 0) is 11.4 Å². The highest BCUT2D eigenvalue weighted by atomic mass is 32.2. The number of para-hydroxylation sites is 1. The van der Waals surface area contributed by atoms with Crippen molar-refractivity contribution in [1.82, 2.24) is 15.6 Å². The summed E-state index contributed by atoms with van der Waals surface area (Å²) in [7, 11) is 0. The molecule has 0 radical (unpaired) electrons. The molecule has 92 valence electrons. The molecule has 0 amide bonds. The van der Waals surface area contributed by atoms with E-state index in [-0.39, 0.29) is 0 Å². The quantitative estimate of drug-likeness (QED) is 0.437. The Kier molecular flexibility index (Phi) is 2.69. The SMILES string of the molecule is CS[C@@]1(NC#N)NCCc2c1[nH]c1ccccc21. The fraction of sp³-hybridized carbons (Fsp3) is 0.308. The zero-order valence-electron chi connectivity index (χ0n) is 10.1. The van der Waals surface area contributed by atoms with Crippen molar-refractivity contribution < 1.29 is 0 Å². The average molecular weight is 258 g/mol. The van der Waals surface area contributed by atoms with Crippen LogP contribution < -0.4 is 10.6 Å². The molecule has 0 saturated heterocycles. The van der Waals surface area contributed by atoms with Gasteiger partial charge in [0.15, 0.2) is 11.2 Å². The first kappa shape index (κ1) is 11.5. The number of thioether (sulfide) groups is 1. The number of fused-ring (bicyclic) bond motifs is 3. The maximum atomic E-state index is 8.99. The van der Waals surface area contributed by atoms with Gasteiger partial charge in [0.1, 0.15) is 0 Å². The number of nitriles is 1. The van der Waals surface area contributed by atoms with E-state index in [2.05, 4.69) is 40.0 Å². The van der Waals surface area contributed by atoms with E-state index < -0.39 is 4.99 Å². The third-order valence-corrected chi connectivity index (χ3v) is 4.52. The fourth-order valence-electron chi connectivity index (χ4n) is 2.62. The van der Waals surface area contributed by atoms with Gasteiger partial charge in [-0.25, -0.2) is 0 Å². The van der Waals surface area contributed by atoms with Crippen LogP contribution in [0.3, 0.4) is 0 Å². The standard InChI is InChI=1S/C13H14N4S/c1-18-13(16-8-14)12-10(6-7-15-13)9-4-2-3-5-11(9)17-12/h2-5,15-17H,6-7H2,1H3/t13-/m1/s1. The third-order valence-electron chi connectivity index (χ3n) is 3.45. The van der Waals surface area contributed by atoms with Crippen molar-refractivity contribution in [3.05, 3.63) is 35.5 Å². The molecule has 0 unspecified atom stereocenters. The summed E-state index contributed by atoms with van der Waals surface area (Å²) in [5, 5.41) is 16.5. The molecule has 1 atom stereocenters. The topological polar surface area (TPSA) is 63.6 Å². The Balaban J connectivity index is 2.25. The van der Waals surface area contributed by atoms with Crippen LogP contribution in [0.4, 0.5) is 0 Å². The Morgan fingerprint density at radius 1 is 1.44 bits per heavy atom. The molecule has 0 aliphatic carbocycles. The maximum Gasteiger partial charge on any atom is 0.187 e. The molecule has 0 saturated carbocycles. The van der Waals surface area contributed by atoms with Gasteiger partial charge in [-0.05, 0) is 24.3 Å². The highest BCUT2D eigenvalue weighted by Crippen LogP contribution is 2.37. The smallest absolute Gasteiger partial charge is 0.187 e. The second-order valence-corrected chi connectivity index (χ2v) is 5.34. The number of nitrogens with zero attached hydrogens (tertiary/aromatic N) is 1. The van der Waals surface area contributed by atoms with E-state index >= 15 is 0 Å². The van der Waals surface area contributed by atoms with Crippen molar-refractivity contribution in [2.24, 2.45) is 0 Å². The van der Waals surface area contributed by atoms with Crippen molar-refractivity contribution in [3.8, 4) is 6.19 Å². The number of hydrogen-bond acceptors (Lipinski definition) is 4. The number of nitrogens with one attached hydrogen (secondary N) is 3. The van der Waals surface area contributed by atoms with Gasteiger partial charge in [-0.2, -0.15) is 5.26 Å². The molecule has 1 aliphatic heterocycles. The lowest BCUT2D eigenvalue weighted by atomic mass is 10.0. The number of aromatic amines is 1. The van der Waals surface area contributed by atoms with Gasteiger partial charge in [-0.3, -0.25) is 10.6 Å². The van der Waals surface area contributed by atoms with E-state index in [1.54, 1.807) is 11.8 Å². The number of hydrogen-bond donors (Lipinski definition) is 3. The first-order valence-corrected chi connectivity index (χ1v) is 7.10. The minimum atomic E-state index is -0.526. The van der Waals surface area contributed by atoms with E-state index in [9.17, 15) is 0 Å². The molecule has 3 N–H and O–H groups in total. The molecule has 2 aromatic rings. The zero-order valence-corrected chi connectivity index (χ0v) is 10.9. The Morgan fingerprint density at radius 2 is 2.28 bits per heavy atom. The van der Waals surface area contributed by atoms with Crippen molar-refractivity contribution in [1.29, 1.82) is 5.26 Å². The molecule has 5 heteroatoms. The van der Waals surface area contributed by atoms with Gasteiger partial charge in [0.2, 0.25) is 0 Å². The molecular formula is C13H14N4S. The largest absolute Gasteiger partial charge is 0.354 e. The summed E-state index contributed by atoms with van der Waals surface area (Å²) in [6.45, 7) is 0.865. The van der Waals surface area contributed by atoms with Crippen LogP contribution in [0.15, 0.2) is 24.3 Å². The van der Waals surface area contributed by atoms with E-state index in [0.29, 0.717) is 0 Å². The molecule has 0 bridgehead atoms. The Labute approximate surface area is 110 Å². The van der Waals surface area contributed by atoms with E-state index in [4.69, 9.17) is 5.26 Å². The average Bonchev–Trinajstić information content (AvgIpc) is 2.79. The predicted molar refractivity (Wildman–Crippen MR) is 73.9 cm³/mol. The van der Waals surface area contributed by atoms with Crippen molar-refractivity contribution >= 4 is 22.7 Å². The molecule has 0 spiro atoms. The Bertz CT molecular complexity index is 627. The Morgan fingerprint density at radius 3 is 3.06 bits per heavy atom. The second kappa shape index (κ2) is 4.23. The van der Waals surface area contributed by atoms with Crippen LogP contribution in [0.25, 0.3) is 10.9 Å². The number of rotatable bonds is 2. The highest BCUT2D eigenvalue weighted by Gasteiger charge is 2.38. The third kappa shape index (κ3) is 1.50. The molecule has 2 heterocycles. The first-order chi connectivity index (χ1) is 8.80. The van der Waals surface area contributed by atoms with Gasteiger partial charge in [0.25, 0.3) is 0 Å². The molecule has 3 rings (SSSR count). The fourth-order valence-corrected chi connectivity index (χ4v) is 3.40. The van der Waals surface area contributed by atoms with Crippen LogP contribution in [-0.4, -0.2) is 17.8 Å². The molecule has 18 heavy (non-hydrogen) atoms. The van der Waals surface area contributed by atoms with Crippen LogP contribution in [0.2, 0.25) is 0 Å². The summed E-state index contributed by atoms with van der Waals surface area (Å²) in [6.07, 6.45) is 5.04. The lowest BCUT2D eigenvalue weighted by molar-refractivity contribution is 0.416. The summed E-state index contributed by atoms with van der Waals surface area (Å²) >= 11 is 1.60. The predicted octanol–water partition coefficient (Wildman–Crippen LogP) is 1.86. The summed E-state index contributed by atoms with van der Waals surface area (Å²) in [5.41, 5.74) is 3.51. The van der Waals surface area contributed by atoms with Crippen molar-refractivity contribution in [2.75, 3.05) is 12.8 Å². The number of H-pyrrole nitrogens is 1. The van der Waals surface area contributed by atoms with Gasteiger partial charge >= 0.3 is 0 Å². The van der Waals surface area contributed by atoms with Gasteiger partial charge in [0, 0.05) is 17.4 Å². The van der Waals surface area contributed by atoms with Crippen LogP contribution in [0.1, 0.15) is 11.3 Å². The minimum Gasteiger partial charge on any atom is -0.354 e. The van der Waals surface area contributed by atoms with Gasteiger partial charge in [-0.1, -0.05) is 18.2 Å². The highest BCUT2D eigenvalue weighted by molar-refractivity contribution is 7.99. The van der Waals surface area contributed by atoms with E-state index in [0.717, 1.165) is 24.2 Å². The van der Waals surface area contributed by atoms with Gasteiger partial charge < -0.3 is 4.98 Å². The second-order valence-electron chi connectivity index (χ2n) is 4.32. The molecule has 0 fully saturated rings. The normalized spacial score (nSPS) is 22.4. The summed E-state index contributed by atoms with van der Waals surface area (Å²) in [6, 6.07) is 8.28. The first-order valence-electron chi connectivity index (χ1n) is 5.87. The van der Waals surface area contributed by atoms with Crippen LogP contribution in [0, 0.1) is 11.5 Å². The number of aromatic nitrogens is 1. The number of benzene rings is 1. The zero-order chi connectivity index (χ0) is 12.6. The van der Waals surface area contributed by atoms with Gasteiger partial charge in [-0.15, -0.1) is 11.8 Å². The lowest BCUT2D eigenvalue weighted by Crippen LogP contribution is -2.53. The Hall–Kier alpha value is -1.64. The van der Waals surface area contributed by atoms with Crippen molar-refractivity contribution in [2.45, 2.75) is 11.4 Å². The molecule has 4 nitrogen and oxygen atoms in total. The monoisotopic (exact) mass is 258 g/mol. The van der Waals surface area contributed by atoms with Crippen molar-refractivity contribution in [3.63, 3.8) is 0 Å². The summed E-state index contributed by atoms with van der Waals surface area (Å²) < 4.78 is 0. The lowest BCUT2D eigenvalue weighted by Gasteiger charge is -2.35. The van der Waals surface area contributed by atoms with Crippen LogP contribution >= 0.6 is 11.8 Å². The van der Waals surface area contributed by atoms with Crippen LogP contribution in [0.5, 0.6) is 0 Å². The molecule has 1 aliphatic rings. The molecular weight excluding hydrogens is 244 g/mol. The maximum absolute atomic E-state index is 8.99. The summed E-state index contributed by atoms with van der Waals surface area (Å²) in [5.74, 6) is 0. The summed E-state index contributed by atoms with van der Waals surface area (Å²) in [4.78, 5) is 2.92. The van der Waals surface area contributed by atoms with E-state index in [1.165, 1.54) is 10.9 Å². The van der Waals surface area contributed by atoms with E-state index in [1.807, 2.05) is 12.3 Å². The minimum absolute atomic E-state index is 0.526. The van der Waals surface area contributed by atoms with Gasteiger partial charge in [0.05, 0.1) is 5.69 Å². The molecule has 1 aromatic carbocycles.